The summed E-state index contributed by atoms with van der Waals surface area (Å²) in [7, 11) is 0. The Morgan fingerprint density at radius 1 is 0.829 bits per heavy atom. The molecule has 190 valence electrons. The smallest absolute Gasteiger partial charge is 0.416 e. The van der Waals surface area contributed by atoms with Crippen molar-refractivity contribution in [3.63, 3.8) is 0 Å². The number of likely N-dealkylation sites (tertiary alicyclic amines) is 1. The number of aromatic nitrogens is 2. The summed E-state index contributed by atoms with van der Waals surface area (Å²) < 4.78 is 84.8. The van der Waals surface area contributed by atoms with E-state index in [1.165, 1.54) is 4.90 Å². The summed E-state index contributed by atoms with van der Waals surface area (Å²) in [4.78, 5) is 28.1. The summed E-state index contributed by atoms with van der Waals surface area (Å²) >= 11 is 0. The second kappa shape index (κ2) is 9.42. The van der Waals surface area contributed by atoms with Gasteiger partial charge in [0.05, 0.1) is 29.9 Å². The van der Waals surface area contributed by atoms with Gasteiger partial charge in [-0.2, -0.15) is 31.4 Å². The summed E-state index contributed by atoms with van der Waals surface area (Å²) in [5.74, 6) is -0.189. The lowest BCUT2D eigenvalue weighted by molar-refractivity contribution is -0.143. The van der Waals surface area contributed by atoms with E-state index in [1.807, 2.05) is 0 Å². The van der Waals surface area contributed by atoms with Crippen molar-refractivity contribution >= 4 is 12.0 Å². The monoisotopic (exact) mass is 504 g/mol. The van der Waals surface area contributed by atoms with E-state index in [-0.39, 0.29) is 37.3 Å². The molecule has 0 radical (unpaired) electrons. The number of rotatable bonds is 3. The molecule has 0 unspecified atom stereocenters. The first-order valence-electron chi connectivity index (χ1n) is 11.0. The number of amides is 2. The van der Waals surface area contributed by atoms with Crippen LogP contribution in [0.15, 0.2) is 24.3 Å². The number of nitrogens with zero attached hydrogens (tertiary/aromatic N) is 4. The SMILES string of the molecule is O=C(OCc1cc(C(F)(F)F)cc(C(F)(F)F)c1)N1CCn2nc(C(=O)N3CCCCC3)cc2C1. The molecule has 0 bridgehead atoms. The highest BCUT2D eigenvalue weighted by Crippen LogP contribution is 2.36. The van der Waals surface area contributed by atoms with E-state index in [4.69, 9.17) is 4.74 Å². The molecule has 0 saturated carbocycles. The van der Waals surface area contributed by atoms with Crippen LogP contribution in [-0.2, 0) is 36.8 Å². The zero-order chi connectivity index (χ0) is 25.4. The molecule has 1 fully saturated rings. The van der Waals surface area contributed by atoms with E-state index in [2.05, 4.69) is 5.10 Å². The minimum absolute atomic E-state index is 0.0138. The van der Waals surface area contributed by atoms with Crippen LogP contribution in [0.25, 0.3) is 0 Å². The van der Waals surface area contributed by atoms with Gasteiger partial charge in [0.1, 0.15) is 6.61 Å². The van der Waals surface area contributed by atoms with Gasteiger partial charge >= 0.3 is 18.4 Å². The number of hydrogen-bond donors (Lipinski definition) is 0. The highest BCUT2D eigenvalue weighted by molar-refractivity contribution is 5.92. The summed E-state index contributed by atoms with van der Waals surface area (Å²) in [6, 6.07) is 2.64. The Morgan fingerprint density at radius 3 is 2.06 bits per heavy atom. The molecule has 0 aliphatic carbocycles. The van der Waals surface area contributed by atoms with Gasteiger partial charge in [-0.15, -0.1) is 0 Å². The van der Waals surface area contributed by atoms with Crippen LogP contribution in [-0.4, -0.2) is 51.2 Å². The molecule has 1 aromatic heterocycles. The van der Waals surface area contributed by atoms with Crippen LogP contribution in [0, 0.1) is 0 Å². The third-order valence-corrected chi connectivity index (χ3v) is 5.93. The van der Waals surface area contributed by atoms with E-state index in [1.54, 1.807) is 15.6 Å². The number of piperidine rings is 1. The Balaban J connectivity index is 1.41. The van der Waals surface area contributed by atoms with Gasteiger partial charge in [0.15, 0.2) is 5.69 Å². The van der Waals surface area contributed by atoms with Gasteiger partial charge in [0, 0.05) is 19.6 Å². The average Bonchev–Trinajstić information content (AvgIpc) is 3.24. The molecule has 1 aromatic carbocycles. The Morgan fingerprint density at radius 2 is 1.46 bits per heavy atom. The van der Waals surface area contributed by atoms with Crippen LogP contribution in [0.3, 0.4) is 0 Å². The van der Waals surface area contributed by atoms with Gasteiger partial charge in [-0.05, 0) is 49.1 Å². The Hall–Kier alpha value is -3.25. The lowest BCUT2D eigenvalue weighted by Crippen LogP contribution is -2.38. The van der Waals surface area contributed by atoms with Crippen molar-refractivity contribution in [2.24, 2.45) is 0 Å². The molecule has 2 aromatic rings. The first-order valence-corrected chi connectivity index (χ1v) is 11.0. The first-order chi connectivity index (χ1) is 16.4. The zero-order valence-electron chi connectivity index (χ0n) is 18.5. The van der Waals surface area contributed by atoms with Gasteiger partial charge in [-0.3, -0.25) is 9.48 Å². The molecule has 2 amide bonds. The van der Waals surface area contributed by atoms with Crippen molar-refractivity contribution in [2.45, 2.75) is 51.3 Å². The van der Waals surface area contributed by atoms with Crippen LogP contribution in [0.2, 0.25) is 0 Å². The number of halogens is 6. The zero-order valence-corrected chi connectivity index (χ0v) is 18.5. The fourth-order valence-electron chi connectivity index (χ4n) is 4.12. The van der Waals surface area contributed by atoms with Crippen molar-refractivity contribution < 1.29 is 40.7 Å². The van der Waals surface area contributed by atoms with Crippen LogP contribution < -0.4 is 0 Å². The second-order valence-corrected chi connectivity index (χ2v) is 8.49. The van der Waals surface area contributed by atoms with Gasteiger partial charge in [0.25, 0.3) is 5.91 Å². The quantitative estimate of drug-likeness (QED) is 0.569. The maximum atomic E-state index is 13.0. The van der Waals surface area contributed by atoms with Crippen LogP contribution >= 0.6 is 0 Å². The fraction of sp³-hybridized carbons (Fsp3) is 0.500. The van der Waals surface area contributed by atoms with E-state index in [9.17, 15) is 35.9 Å². The molecule has 3 heterocycles. The first kappa shape index (κ1) is 24.9. The lowest BCUT2D eigenvalue weighted by atomic mass is 10.1. The number of ether oxygens (including phenoxy) is 1. The van der Waals surface area contributed by atoms with E-state index >= 15 is 0 Å². The Kier molecular flexibility index (Phi) is 6.69. The minimum atomic E-state index is -4.99. The third kappa shape index (κ3) is 5.70. The van der Waals surface area contributed by atoms with Crippen molar-refractivity contribution in [1.29, 1.82) is 0 Å². The maximum Gasteiger partial charge on any atom is 0.416 e. The molecule has 7 nitrogen and oxygen atoms in total. The molecule has 4 rings (SSSR count). The maximum absolute atomic E-state index is 13.0. The highest BCUT2D eigenvalue weighted by Gasteiger charge is 2.37. The van der Waals surface area contributed by atoms with Gasteiger partial charge < -0.3 is 14.5 Å². The van der Waals surface area contributed by atoms with Crippen molar-refractivity contribution in [1.82, 2.24) is 19.6 Å². The van der Waals surface area contributed by atoms with Crippen molar-refractivity contribution in [2.75, 3.05) is 19.6 Å². The highest BCUT2D eigenvalue weighted by atomic mass is 19.4. The van der Waals surface area contributed by atoms with Crippen molar-refractivity contribution in [3.05, 3.63) is 52.3 Å². The van der Waals surface area contributed by atoms with Gasteiger partial charge in [0.2, 0.25) is 0 Å². The summed E-state index contributed by atoms with van der Waals surface area (Å²) in [6.45, 7) is 1.01. The molecular weight excluding hydrogens is 482 g/mol. The van der Waals surface area contributed by atoms with E-state index in [0.29, 0.717) is 30.9 Å². The standard InChI is InChI=1S/C22H22F6N4O3/c23-21(24,25)15-8-14(9-16(10-15)22(26,27)28)13-35-20(34)31-6-7-32-17(12-31)11-18(29-32)19(33)30-4-2-1-3-5-30/h8-11H,1-7,12-13H2. The van der Waals surface area contributed by atoms with E-state index < -0.39 is 41.7 Å². The third-order valence-electron chi connectivity index (χ3n) is 5.93. The van der Waals surface area contributed by atoms with Crippen LogP contribution in [0.5, 0.6) is 0 Å². The predicted molar refractivity (Wildman–Crippen MR) is 109 cm³/mol. The summed E-state index contributed by atoms with van der Waals surface area (Å²) in [6.07, 6.45) is -7.96. The minimum Gasteiger partial charge on any atom is -0.445 e. The number of fused-ring (bicyclic) bond motifs is 1. The van der Waals surface area contributed by atoms with Crippen molar-refractivity contribution in [3.8, 4) is 0 Å². The van der Waals surface area contributed by atoms with Crippen LogP contribution in [0.4, 0.5) is 31.1 Å². The fourth-order valence-corrected chi connectivity index (χ4v) is 4.12. The number of alkyl halides is 6. The predicted octanol–water partition coefficient (Wildman–Crippen LogP) is 4.70. The summed E-state index contributed by atoms with van der Waals surface area (Å²) in [5.41, 5.74) is -2.55. The molecule has 0 N–H and O–H groups in total. The number of hydrogen-bond acceptors (Lipinski definition) is 4. The average molecular weight is 504 g/mol. The number of benzene rings is 1. The normalized spacial score (nSPS) is 16.7. The summed E-state index contributed by atoms with van der Waals surface area (Å²) in [5, 5.41) is 4.31. The Labute approximate surface area is 196 Å². The molecule has 0 atom stereocenters. The molecule has 2 aliphatic rings. The van der Waals surface area contributed by atoms with E-state index in [0.717, 1.165) is 19.3 Å². The molecule has 35 heavy (non-hydrogen) atoms. The molecular formula is C22H22F6N4O3. The Bertz CT molecular complexity index is 1070. The lowest BCUT2D eigenvalue weighted by Gasteiger charge is -2.27. The second-order valence-electron chi connectivity index (χ2n) is 8.49. The largest absolute Gasteiger partial charge is 0.445 e. The number of carbonyl (C=O) groups excluding carboxylic acids is 2. The molecule has 0 spiro atoms. The molecule has 2 aliphatic heterocycles. The number of carbonyl (C=O) groups is 2. The topological polar surface area (TPSA) is 67.7 Å². The van der Waals surface area contributed by atoms with Gasteiger partial charge in [-0.1, -0.05) is 0 Å². The molecule has 1 saturated heterocycles. The van der Waals surface area contributed by atoms with Gasteiger partial charge in [-0.25, -0.2) is 4.79 Å². The van der Waals surface area contributed by atoms with Crippen LogP contribution in [0.1, 0.15) is 52.1 Å². The molecule has 13 heteroatoms.